The number of aliphatic carboxylic acids is 1. The number of rotatable bonds is 6. The number of nitrogens with one attached hydrogen (secondary N) is 2. The van der Waals surface area contributed by atoms with Gasteiger partial charge >= 0.3 is 12.0 Å². The van der Waals surface area contributed by atoms with Crippen molar-refractivity contribution in [2.24, 2.45) is 5.41 Å². The molecule has 0 radical (unpaired) electrons. The summed E-state index contributed by atoms with van der Waals surface area (Å²) in [7, 11) is 0. The molecular weight excluding hydrogens is 282 g/mol. The maximum absolute atomic E-state index is 13.4. The zero-order chi connectivity index (χ0) is 16.0. The van der Waals surface area contributed by atoms with Crippen molar-refractivity contribution < 1.29 is 23.5 Å². The van der Waals surface area contributed by atoms with Crippen molar-refractivity contribution in [1.82, 2.24) is 5.32 Å². The number of amides is 2. The van der Waals surface area contributed by atoms with Crippen LogP contribution in [0.2, 0.25) is 0 Å². The van der Waals surface area contributed by atoms with Gasteiger partial charge < -0.3 is 15.7 Å². The first-order valence-electron chi connectivity index (χ1n) is 6.58. The predicted molar refractivity (Wildman–Crippen MR) is 74.0 cm³/mol. The van der Waals surface area contributed by atoms with Crippen molar-refractivity contribution in [3.8, 4) is 0 Å². The lowest BCUT2D eigenvalue weighted by Crippen LogP contribution is -2.43. The van der Waals surface area contributed by atoms with Crippen molar-refractivity contribution in [3.05, 3.63) is 29.8 Å². The van der Waals surface area contributed by atoms with Crippen LogP contribution in [0.25, 0.3) is 0 Å². The molecule has 0 aliphatic heterocycles. The molecule has 0 heterocycles. The summed E-state index contributed by atoms with van der Waals surface area (Å²) >= 11 is 0. The molecule has 2 amide bonds. The van der Waals surface area contributed by atoms with Crippen molar-refractivity contribution >= 4 is 17.7 Å². The Morgan fingerprint density at radius 3 is 2.33 bits per heavy atom. The molecule has 0 spiro atoms. The Kier molecular flexibility index (Phi) is 5.63. The van der Waals surface area contributed by atoms with Gasteiger partial charge in [0, 0.05) is 12.6 Å². The molecule has 0 atom stereocenters. The lowest BCUT2D eigenvalue weighted by molar-refractivity contribution is -0.149. The minimum Gasteiger partial charge on any atom is -0.481 e. The standard InChI is InChI=1S/C14H18F2N2O3/c1-3-14(4-2,12(19)20)8-17-13(21)18-11-6-5-9(15)7-10(11)16/h5-7H,3-4,8H2,1-2H3,(H,19,20)(H2,17,18,21). The summed E-state index contributed by atoms with van der Waals surface area (Å²) in [6.45, 7) is 3.36. The zero-order valence-corrected chi connectivity index (χ0v) is 11.9. The first-order valence-corrected chi connectivity index (χ1v) is 6.58. The van der Waals surface area contributed by atoms with Gasteiger partial charge in [-0.25, -0.2) is 13.6 Å². The molecule has 0 fully saturated rings. The molecule has 21 heavy (non-hydrogen) atoms. The van der Waals surface area contributed by atoms with E-state index in [-0.39, 0.29) is 12.2 Å². The molecule has 0 aromatic heterocycles. The molecule has 116 valence electrons. The van der Waals surface area contributed by atoms with Crippen molar-refractivity contribution in [2.75, 3.05) is 11.9 Å². The largest absolute Gasteiger partial charge is 0.481 e. The van der Waals surface area contributed by atoms with Crippen LogP contribution in [0.4, 0.5) is 19.3 Å². The van der Waals surface area contributed by atoms with Gasteiger partial charge in [0.05, 0.1) is 11.1 Å². The van der Waals surface area contributed by atoms with Gasteiger partial charge in [-0.1, -0.05) is 13.8 Å². The molecule has 1 rings (SSSR count). The third kappa shape index (κ3) is 4.14. The van der Waals surface area contributed by atoms with Crippen LogP contribution in [0.3, 0.4) is 0 Å². The normalized spacial score (nSPS) is 11.0. The summed E-state index contributed by atoms with van der Waals surface area (Å²) in [4.78, 5) is 22.9. The van der Waals surface area contributed by atoms with Gasteiger partial charge in [0.2, 0.25) is 0 Å². The molecule has 3 N–H and O–H groups in total. The van der Waals surface area contributed by atoms with Gasteiger partial charge in [-0.3, -0.25) is 4.79 Å². The highest BCUT2D eigenvalue weighted by molar-refractivity contribution is 5.89. The van der Waals surface area contributed by atoms with Crippen LogP contribution in [0.1, 0.15) is 26.7 Å². The molecule has 5 nitrogen and oxygen atoms in total. The Hall–Kier alpha value is -2.18. The minimum atomic E-state index is -1.06. The number of anilines is 1. The highest BCUT2D eigenvalue weighted by atomic mass is 19.1. The van der Waals surface area contributed by atoms with Crippen LogP contribution < -0.4 is 10.6 Å². The van der Waals surface area contributed by atoms with Gasteiger partial charge in [-0.15, -0.1) is 0 Å². The van der Waals surface area contributed by atoms with Crippen molar-refractivity contribution in [1.29, 1.82) is 0 Å². The molecule has 0 unspecified atom stereocenters. The number of carboxylic acids is 1. The van der Waals surface area contributed by atoms with E-state index in [1.54, 1.807) is 13.8 Å². The minimum absolute atomic E-state index is 0.0794. The van der Waals surface area contributed by atoms with E-state index in [0.29, 0.717) is 18.9 Å². The average molecular weight is 300 g/mol. The number of benzene rings is 1. The predicted octanol–water partition coefficient (Wildman–Crippen LogP) is 2.98. The molecular formula is C14H18F2N2O3. The third-order valence-electron chi connectivity index (χ3n) is 3.57. The second kappa shape index (κ2) is 7.01. The lowest BCUT2D eigenvalue weighted by Gasteiger charge is -2.26. The molecule has 0 saturated heterocycles. The van der Waals surface area contributed by atoms with Crippen molar-refractivity contribution in [2.45, 2.75) is 26.7 Å². The highest BCUT2D eigenvalue weighted by Crippen LogP contribution is 2.25. The Balaban J connectivity index is 2.67. The number of carbonyl (C=O) groups is 2. The van der Waals surface area contributed by atoms with Gasteiger partial charge in [0.15, 0.2) is 0 Å². The molecule has 0 bridgehead atoms. The summed E-state index contributed by atoms with van der Waals surface area (Å²) in [5, 5.41) is 13.8. The van der Waals surface area contributed by atoms with Crippen LogP contribution in [-0.4, -0.2) is 23.7 Å². The van der Waals surface area contributed by atoms with Gasteiger partial charge in [0.25, 0.3) is 0 Å². The SMILES string of the molecule is CCC(CC)(CNC(=O)Nc1ccc(F)cc1F)C(=O)O. The maximum atomic E-state index is 13.4. The number of halogens is 2. The quantitative estimate of drug-likeness (QED) is 0.755. The molecule has 1 aromatic carbocycles. The van der Waals surface area contributed by atoms with Crippen LogP contribution >= 0.6 is 0 Å². The summed E-state index contributed by atoms with van der Waals surface area (Å²) in [5.41, 5.74) is -1.23. The van der Waals surface area contributed by atoms with E-state index in [2.05, 4.69) is 10.6 Å². The molecule has 0 saturated carbocycles. The Bertz CT molecular complexity index is 531. The van der Waals surface area contributed by atoms with Crippen LogP contribution in [-0.2, 0) is 4.79 Å². The number of hydrogen-bond donors (Lipinski definition) is 3. The lowest BCUT2D eigenvalue weighted by atomic mass is 9.82. The van der Waals surface area contributed by atoms with Gasteiger partial charge in [-0.05, 0) is 25.0 Å². The second-order valence-corrected chi connectivity index (χ2v) is 4.72. The van der Waals surface area contributed by atoms with Crippen molar-refractivity contribution in [3.63, 3.8) is 0 Å². The molecule has 7 heteroatoms. The highest BCUT2D eigenvalue weighted by Gasteiger charge is 2.35. The van der Waals surface area contributed by atoms with Crippen LogP contribution in [0.5, 0.6) is 0 Å². The van der Waals surface area contributed by atoms with E-state index in [0.717, 1.165) is 12.1 Å². The van der Waals surface area contributed by atoms with E-state index in [9.17, 15) is 23.5 Å². The second-order valence-electron chi connectivity index (χ2n) is 4.72. The number of carboxylic acid groups (broad SMARTS) is 1. The zero-order valence-electron chi connectivity index (χ0n) is 11.9. The Morgan fingerprint density at radius 1 is 1.24 bits per heavy atom. The first kappa shape index (κ1) is 16.9. The molecule has 0 aliphatic rings. The topological polar surface area (TPSA) is 78.4 Å². The fourth-order valence-corrected chi connectivity index (χ4v) is 1.88. The summed E-state index contributed by atoms with van der Waals surface area (Å²) in [6, 6.07) is 2.01. The summed E-state index contributed by atoms with van der Waals surface area (Å²) < 4.78 is 26.1. The van der Waals surface area contributed by atoms with E-state index < -0.39 is 29.0 Å². The van der Waals surface area contributed by atoms with E-state index in [1.807, 2.05) is 0 Å². The fourth-order valence-electron chi connectivity index (χ4n) is 1.88. The molecule has 1 aromatic rings. The third-order valence-corrected chi connectivity index (χ3v) is 3.57. The van der Waals surface area contributed by atoms with E-state index in [4.69, 9.17) is 0 Å². The number of hydrogen-bond acceptors (Lipinski definition) is 2. The molecule has 0 aliphatic carbocycles. The van der Waals surface area contributed by atoms with Crippen LogP contribution in [0, 0.1) is 17.0 Å². The number of urea groups is 1. The van der Waals surface area contributed by atoms with Crippen LogP contribution in [0.15, 0.2) is 18.2 Å². The average Bonchev–Trinajstić information content (AvgIpc) is 2.43. The maximum Gasteiger partial charge on any atom is 0.319 e. The monoisotopic (exact) mass is 300 g/mol. The smallest absolute Gasteiger partial charge is 0.319 e. The Labute approximate surface area is 121 Å². The van der Waals surface area contributed by atoms with E-state index >= 15 is 0 Å². The first-order chi connectivity index (χ1) is 9.84. The van der Waals surface area contributed by atoms with Gasteiger partial charge in [0.1, 0.15) is 11.6 Å². The van der Waals surface area contributed by atoms with Gasteiger partial charge in [-0.2, -0.15) is 0 Å². The number of carbonyl (C=O) groups excluding carboxylic acids is 1. The van der Waals surface area contributed by atoms with E-state index in [1.165, 1.54) is 0 Å². The fraction of sp³-hybridized carbons (Fsp3) is 0.429. The summed E-state index contributed by atoms with van der Waals surface area (Å²) in [5.74, 6) is -2.65. The Morgan fingerprint density at radius 2 is 1.86 bits per heavy atom. The summed E-state index contributed by atoms with van der Waals surface area (Å²) in [6.07, 6.45) is 0.702.